The number of Topliss-reactive ketones (excluding diaryl/α,β-unsaturated/α-hetero) is 1. The first-order valence-corrected chi connectivity index (χ1v) is 7.95. The van der Waals surface area contributed by atoms with Crippen LogP contribution in [0.1, 0.15) is 46.6 Å². The van der Waals surface area contributed by atoms with E-state index in [1.165, 1.54) is 10.9 Å². The molecule has 0 radical (unpaired) electrons. The Bertz CT molecular complexity index is 557. The summed E-state index contributed by atoms with van der Waals surface area (Å²) in [4.78, 5) is 15.3. The summed E-state index contributed by atoms with van der Waals surface area (Å²) in [6.07, 6.45) is 3.34. The minimum Gasteiger partial charge on any atom is -0.361 e. The van der Waals surface area contributed by atoms with Gasteiger partial charge in [-0.25, -0.2) is 0 Å². The van der Waals surface area contributed by atoms with E-state index in [4.69, 9.17) is 0 Å². The fourth-order valence-electron chi connectivity index (χ4n) is 2.43. The van der Waals surface area contributed by atoms with Crippen molar-refractivity contribution in [2.75, 3.05) is 0 Å². The zero-order chi connectivity index (χ0) is 15.8. The molecule has 3 heteroatoms. The van der Waals surface area contributed by atoms with Gasteiger partial charge in [0.15, 0.2) is 0 Å². The number of fused-ring (bicyclic) bond motifs is 1. The van der Waals surface area contributed by atoms with Crippen LogP contribution >= 0.6 is 0 Å². The molecule has 0 amide bonds. The van der Waals surface area contributed by atoms with Crippen LogP contribution in [0.2, 0.25) is 0 Å². The Hall–Kier alpha value is -1.61. The number of aromatic nitrogens is 1. The summed E-state index contributed by atoms with van der Waals surface area (Å²) in [7, 11) is 0. The van der Waals surface area contributed by atoms with E-state index < -0.39 is 0 Å². The highest BCUT2D eigenvalue weighted by atomic mass is 16.1. The van der Waals surface area contributed by atoms with Gasteiger partial charge in [-0.15, -0.1) is 0 Å². The van der Waals surface area contributed by atoms with Crippen molar-refractivity contribution in [1.29, 1.82) is 0 Å². The van der Waals surface area contributed by atoms with Crippen LogP contribution in [0.3, 0.4) is 0 Å². The van der Waals surface area contributed by atoms with Gasteiger partial charge in [-0.1, -0.05) is 52.8 Å². The first-order chi connectivity index (χ1) is 10.1. The third-order valence-corrected chi connectivity index (χ3v) is 3.37. The van der Waals surface area contributed by atoms with E-state index >= 15 is 0 Å². The smallest absolute Gasteiger partial charge is 0.149 e. The van der Waals surface area contributed by atoms with Crippen LogP contribution < -0.4 is 5.32 Å². The third kappa shape index (κ3) is 4.71. The van der Waals surface area contributed by atoms with Gasteiger partial charge < -0.3 is 10.3 Å². The molecule has 0 fully saturated rings. The van der Waals surface area contributed by atoms with Crippen molar-refractivity contribution < 1.29 is 4.79 Å². The fraction of sp³-hybridized carbons (Fsp3) is 0.500. The number of ketones is 1. The normalized spacial score (nSPS) is 12.1. The van der Waals surface area contributed by atoms with Crippen LogP contribution in [0.5, 0.6) is 0 Å². The number of hydrogen-bond donors (Lipinski definition) is 2. The second-order valence-corrected chi connectivity index (χ2v) is 5.26. The van der Waals surface area contributed by atoms with Gasteiger partial charge >= 0.3 is 0 Å². The van der Waals surface area contributed by atoms with E-state index in [0.717, 1.165) is 11.9 Å². The minimum absolute atomic E-state index is 0.0933. The summed E-state index contributed by atoms with van der Waals surface area (Å²) in [6.45, 7) is 10.1. The van der Waals surface area contributed by atoms with E-state index in [2.05, 4.69) is 36.3 Å². The molecule has 0 bridgehead atoms. The van der Waals surface area contributed by atoms with Gasteiger partial charge in [0.1, 0.15) is 5.78 Å². The first kappa shape index (κ1) is 17.4. The number of nitrogens with one attached hydrogen (secondary N) is 2. The van der Waals surface area contributed by atoms with Crippen molar-refractivity contribution in [3.8, 4) is 0 Å². The lowest BCUT2D eigenvalue weighted by atomic mass is 10.00. The molecule has 3 nitrogen and oxygen atoms in total. The molecular weight excluding hydrogens is 260 g/mol. The number of rotatable bonds is 6. The van der Waals surface area contributed by atoms with E-state index in [-0.39, 0.29) is 11.8 Å². The number of H-pyrrole nitrogens is 1. The largest absolute Gasteiger partial charge is 0.361 e. The Morgan fingerprint density at radius 1 is 1.24 bits per heavy atom. The quantitative estimate of drug-likeness (QED) is 0.841. The molecule has 0 saturated heterocycles. The van der Waals surface area contributed by atoms with Crippen LogP contribution in [-0.4, -0.2) is 22.9 Å². The summed E-state index contributed by atoms with van der Waals surface area (Å²) in [5, 5.41) is 4.58. The summed E-state index contributed by atoms with van der Waals surface area (Å²) in [5.74, 6) is 0.277. The van der Waals surface area contributed by atoms with Crippen LogP contribution in [0.15, 0.2) is 30.5 Å². The van der Waals surface area contributed by atoms with E-state index in [1.807, 2.05) is 39.1 Å². The van der Waals surface area contributed by atoms with Crippen LogP contribution in [0.4, 0.5) is 0 Å². The lowest BCUT2D eigenvalue weighted by Crippen LogP contribution is -2.42. The molecule has 1 aromatic carbocycles. The number of carbonyl (C=O) groups is 1. The van der Waals surface area contributed by atoms with Gasteiger partial charge in [0.05, 0.1) is 6.04 Å². The molecule has 21 heavy (non-hydrogen) atoms. The van der Waals surface area contributed by atoms with Gasteiger partial charge in [-0.2, -0.15) is 0 Å². The molecule has 0 aliphatic heterocycles. The van der Waals surface area contributed by atoms with Gasteiger partial charge in [-0.3, -0.25) is 4.79 Å². The molecule has 2 aromatic rings. The zero-order valence-corrected chi connectivity index (χ0v) is 13.9. The number of carbonyl (C=O) groups excluding carboxylic acids is 1. The van der Waals surface area contributed by atoms with Crippen molar-refractivity contribution in [3.05, 3.63) is 36.0 Å². The monoisotopic (exact) mass is 288 g/mol. The zero-order valence-electron chi connectivity index (χ0n) is 13.9. The fourth-order valence-corrected chi connectivity index (χ4v) is 2.43. The lowest BCUT2D eigenvalue weighted by molar-refractivity contribution is -0.120. The van der Waals surface area contributed by atoms with E-state index in [0.29, 0.717) is 12.5 Å². The highest BCUT2D eigenvalue weighted by molar-refractivity contribution is 5.87. The molecule has 116 valence electrons. The molecule has 1 aromatic heterocycles. The summed E-state index contributed by atoms with van der Waals surface area (Å²) in [6, 6.07) is 8.43. The van der Waals surface area contributed by atoms with Crippen molar-refractivity contribution in [1.82, 2.24) is 10.3 Å². The Morgan fingerprint density at radius 2 is 1.90 bits per heavy atom. The molecule has 1 heterocycles. The van der Waals surface area contributed by atoms with Crippen molar-refractivity contribution in [2.45, 2.75) is 59.5 Å². The van der Waals surface area contributed by atoms with Gasteiger partial charge in [0.2, 0.25) is 0 Å². The maximum atomic E-state index is 12.0. The van der Waals surface area contributed by atoms with Crippen molar-refractivity contribution in [3.63, 3.8) is 0 Å². The molecule has 0 spiro atoms. The van der Waals surface area contributed by atoms with Gasteiger partial charge in [0.25, 0.3) is 0 Å². The highest BCUT2D eigenvalue weighted by Gasteiger charge is 2.19. The molecule has 0 aliphatic carbocycles. The molecule has 0 saturated carbocycles. The number of hydrogen-bond acceptors (Lipinski definition) is 2. The van der Waals surface area contributed by atoms with E-state index in [1.54, 1.807) is 0 Å². The van der Waals surface area contributed by atoms with Gasteiger partial charge in [0, 0.05) is 29.6 Å². The first-order valence-electron chi connectivity index (χ1n) is 7.95. The maximum Gasteiger partial charge on any atom is 0.149 e. The van der Waals surface area contributed by atoms with Gasteiger partial charge in [-0.05, 0) is 18.1 Å². The third-order valence-electron chi connectivity index (χ3n) is 3.37. The summed E-state index contributed by atoms with van der Waals surface area (Å²) >= 11 is 0. The Labute approximate surface area is 128 Å². The number of aromatic amines is 1. The van der Waals surface area contributed by atoms with Crippen LogP contribution in [0.25, 0.3) is 10.9 Å². The Morgan fingerprint density at radius 3 is 2.52 bits per heavy atom. The van der Waals surface area contributed by atoms with Crippen LogP contribution in [0, 0.1) is 0 Å². The Kier molecular flexibility index (Phi) is 7.17. The average molecular weight is 288 g/mol. The molecule has 0 aliphatic rings. The summed E-state index contributed by atoms with van der Waals surface area (Å²) in [5.41, 5.74) is 2.33. The van der Waals surface area contributed by atoms with Crippen molar-refractivity contribution >= 4 is 16.7 Å². The second-order valence-electron chi connectivity index (χ2n) is 5.26. The Balaban J connectivity index is 0.00000106. The molecule has 1 unspecified atom stereocenters. The molecule has 2 rings (SSSR count). The highest BCUT2D eigenvalue weighted by Crippen LogP contribution is 2.19. The maximum absolute atomic E-state index is 12.0. The minimum atomic E-state index is -0.0933. The molecule has 2 N–H and O–H groups in total. The predicted molar refractivity (Wildman–Crippen MR) is 90.7 cm³/mol. The lowest BCUT2D eigenvalue weighted by Gasteiger charge is -2.19. The topological polar surface area (TPSA) is 44.9 Å². The van der Waals surface area contributed by atoms with Crippen molar-refractivity contribution in [2.24, 2.45) is 0 Å². The summed E-state index contributed by atoms with van der Waals surface area (Å²) < 4.78 is 0. The molecule has 1 atom stereocenters. The number of para-hydroxylation sites is 1. The number of benzene rings is 1. The predicted octanol–water partition coefficient (Wildman–Crippen LogP) is 4.08. The standard InChI is InChI=1S/C16H22N2O.C2H6/c1-4-16(19)15(18-11(2)3)9-12-10-17-14-8-6-5-7-13(12)14;1-2/h5-8,10-11,15,17-18H,4,9H2,1-3H3;1-2H3. The average Bonchev–Trinajstić information content (AvgIpc) is 2.91. The van der Waals surface area contributed by atoms with E-state index in [9.17, 15) is 4.79 Å². The second kappa shape index (κ2) is 8.63. The molecular formula is C18H28N2O. The SMILES string of the molecule is CC.CCC(=O)C(Cc1c[nH]c2ccccc12)NC(C)C. The van der Waals surface area contributed by atoms with Crippen LogP contribution in [-0.2, 0) is 11.2 Å².